The summed E-state index contributed by atoms with van der Waals surface area (Å²) in [7, 11) is 0. The summed E-state index contributed by atoms with van der Waals surface area (Å²) >= 11 is 0. The van der Waals surface area contributed by atoms with Crippen LogP contribution in [0.25, 0.3) is 22.1 Å². The first-order valence-corrected chi connectivity index (χ1v) is 13.5. The van der Waals surface area contributed by atoms with Crippen molar-refractivity contribution in [3.8, 4) is 16.9 Å². The number of aryl methyl sites for hydroxylation is 1. The van der Waals surface area contributed by atoms with Gasteiger partial charge < -0.3 is 20.2 Å². The van der Waals surface area contributed by atoms with Crippen molar-refractivity contribution in [1.82, 2.24) is 0 Å². The van der Waals surface area contributed by atoms with Gasteiger partial charge >= 0.3 is 11.8 Å². The maximum absolute atomic E-state index is 12.0. The molecule has 1 heterocycles. The van der Waals surface area contributed by atoms with Crippen molar-refractivity contribution in [2.45, 2.75) is 39.2 Å². The Morgan fingerprint density at radius 1 is 0.850 bits per heavy atom. The predicted molar refractivity (Wildman–Crippen MR) is 158 cm³/mol. The number of carbonyl (C=O) groups is 2. The van der Waals surface area contributed by atoms with E-state index in [1.807, 2.05) is 54.6 Å². The molecule has 0 radical (unpaired) electrons. The number of rotatable bonds is 10. The molecular formula is C34H32N2O4. The van der Waals surface area contributed by atoms with E-state index in [1.54, 1.807) is 6.07 Å². The number of unbranched alkanes of at least 4 members (excludes halogenated alkanes) is 1. The number of primary amides is 1. The molecule has 4 aromatic carbocycles. The molecule has 3 N–H and O–H groups in total. The van der Waals surface area contributed by atoms with Gasteiger partial charge in [0.25, 0.3) is 0 Å². The van der Waals surface area contributed by atoms with Gasteiger partial charge in [-0.3, -0.25) is 9.59 Å². The summed E-state index contributed by atoms with van der Waals surface area (Å²) in [6.45, 7) is 2.50. The molecule has 5 aromatic rings. The Balaban J connectivity index is 1.39. The van der Waals surface area contributed by atoms with Gasteiger partial charge in [0.2, 0.25) is 0 Å². The van der Waals surface area contributed by atoms with Gasteiger partial charge in [0.15, 0.2) is 0 Å². The van der Waals surface area contributed by atoms with Crippen LogP contribution in [0.2, 0.25) is 0 Å². The minimum absolute atomic E-state index is 0.307. The molecular weight excluding hydrogens is 500 g/mol. The first-order chi connectivity index (χ1) is 19.5. The van der Waals surface area contributed by atoms with Crippen molar-refractivity contribution in [1.29, 1.82) is 0 Å². The Morgan fingerprint density at radius 3 is 2.33 bits per heavy atom. The van der Waals surface area contributed by atoms with E-state index in [4.69, 9.17) is 14.9 Å². The van der Waals surface area contributed by atoms with Gasteiger partial charge in [-0.25, -0.2) is 0 Å². The Labute approximate surface area is 233 Å². The van der Waals surface area contributed by atoms with E-state index in [0.29, 0.717) is 18.0 Å². The van der Waals surface area contributed by atoms with Crippen molar-refractivity contribution >= 4 is 28.5 Å². The highest BCUT2D eigenvalue weighted by Crippen LogP contribution is 2.33. The highest BCUT2D eigenvalue weighted by molar-refractivity contribution is 6.39. The molecule has 0 bridgehead atoms. The topological polar surface area (TPSA) is 94.6 Å². The second kappa shape index (κ2) is 12.3. The maximum Gasteiger partial charge on any atom is 0.313 e. The summed E-state index contributed by atoms with van der Waals surface area (Å²) < 4.78 is 12.3. The first-order valence-electron chi connectivity index (χ1n) is 13.5. The fraction of sp³-hybridized carbons (Fsp3) is 0.176. The molecule has 0 spiro atoms. The second-order valence-electron chi connectivity index (χ2n) is 9.78. The maximum atomic E-state index is 12.0. The molecule has 6 heteroatoms. The average Bonchev–Trinajstić information content (AvgIpc) is 3.33. The van der Waals surface area contributed by atoms with Crippen LogP contribution in [-0.4, -0.2) is 11.8 Å². The van der Waals surface area contributed by atoms with E-state index in [1.165, 1.54) is 16.5 Å². The quantitative estimate of drug-likeness (QED) is 0.189. The summed E-state index contributed by atoms with van der Waals surface area (Å²) in [6, 6.07) is 31.9. The molecule has 0 saturated carbocycles. The van der Waals surface area contributed by atoms with Crippen molar-refractivity contribution in [3.63, 3.8) is 0 Å². The molecule has 0 aliphatic heterocycles. The largest absolute Gasteiger partial charge is 0.487 e. The number of ether oxygens (including phenoxy) is 1. The fourth-order valence-corrected chi connectivity index (χ4v) is 4.75. The zero-order valence-electron chi connectivity index (χ0n) is 22.5. The second-order valence-corrected chi connectivity index (χ2v) is 9.78. The number of nitrogens with two attached hydrogens (primary N) is 1. The highest BCUT2D eigenvalue weighted by Gasteiger charge is 2.16. The first kappa shape index (κ1) is 26.8. The molecule has 6 nitrogen and oxygen atoms in total. The normalized spacial score (nSPS) is 10.9. The smallest absolute Gasteiger partial charge is 0.313 e. The fourth-order valence-electron chi connectivity index (χ4n) is 4.75. The number of anilines is 1. The number of hydrogen-bond donors (Lipinski definition) is 2. The molecule has 0 atom stereocenters. The lowest BCUT2D eigenvalue weighted by Crippen LogP contribution is -2.29. The van der Waals surface area contributed by atoms with Gasteiger partial charge in [-0.1, -0.05) is 92.2 Å². The van der Waals surface area contributed by atoms with Gasteiger partial charge in [0, 0.05) is 23.8 Å². The Bertz CT molecular complexity index is 1620. The molecule has 0 fully saturated rings. The summed E-state index contributed by atoms with van der Waals surface area (Å²) in [6.07, 6.45) is 3.94. The third-order valence-electron chi connectivity index (χ3n) is 6.90. The van der Waals surface area contributed by atoms with Crippen molar-refractivity contribution < 1.29 is 18.7 Å². The van der Waals surface area contributed by atoms with Gasteiger partial charge in [-0.05, 0) is 46.9 Å². The van der Waals surface area contributed by atoms with Gasteiger partial charge in [-0.2, -0.15) is 0 Å². The average molecular weight is 533 g/mol. The lowest BCUT2D eigenvalue weighted by atomic mass is 9.97. The van der Waals surface area contributed by atoms with E-state index >= 15 is 0 Å². The standard InChI is InChI=1S/C34H32N2O4/c1-2-3-12-31-28(27-11-7-8-13-30(27)40-31)20-23-14-16-25(17-15-23)26-18-19-29(36-34(38)33(35)37)32(21-26)39-22-24-9-5-4-6-10-24/h4-11,13-19,21H,2-3,12,20,22H2,1H3,(H2,35,37)(H,36,38). The molecule has 202 valence electrons. The highest BCUT2D eigenvalue weighted by atomic mass is 16.5. The van der Waals surface area contributed by atoms with Crippen molar-refractivity contribution in [2.75, 3.05) is 5.32 Å². The van der Waals surface area contributed by atoms with Gasteiger partial charge in [-0.15, -0.1) is 0 Å². The number of benzene rings is 4. The molecule has 0 saturated heterocycles. The molecule has 0 aliphatic carbocycles. The molecule has 40 heavy (non-hydrogen) atoms. The van der Waals surface area contributed by atoms with Crippen LogP contribution in [0.1, 0.15) is 42.2 Å². The monoisotopic (exact) mass is 532 g/mol. The van der Waals surface area contributed by atoms with Crippen LogP contribution in [0, 0.1) is 0 Å². The zero-order valence-corrected chi connectivity index (χ0v) is 22.5. The molecule has 1 aromatic heterocycles. The van der Waals surface area contributed by atoms with Crippen molar-refractivity contribution in [3.05, 3.63) is 120 Å². The third-order valence-corrected chi connectivity index (χ3v) is 6.90. The SMILES string of the molecule is CCCCc1oc2ccccc2c1Cc1ccc(-c2ccc(NC(=O)C(N)=O)c(OCc3ccccc3)c2)cc1. The number of hydrogen-bond acceptors (Lipinski definition) is 4. The van der Waals surface area contributed by atoms with Crippen LogP contribution in [-0.2, 0) is 29.0 Å². The van der Waals surface area contributed by atoms with Crippen LogP contribution in [0.4, 0.5) is 5.69 Å². The van der Waals surface area contributed by atoms with Crippen LogP contribution >= 0.6 is 0 Å². The third kappa shape index (κ3) is 6.24. The van der Waals surface area contributed by atoms with E-state index in [0.717, 1.165) is 53.7 Å². The predicted octanol–water partition coefficient (Wildman–Crippen LogP) is 7.04. The summed E-state index contributed by atoms with van der Waals surface area (Å²) in [5.41, 5.74) is 11.8. The van der Waals surface area contributed by atoms with Gasteiger partial charge in [0.05, 0.1) is 5.69 Å². The molecule has 2 amide bonds. The Morgan fingerprint density at radius 2 is 1.57 bits per heavy atom. The van der Waals surface area contributed by atoms with E-state index in [9.17, 15) is 9.59 Å². The van der Waals surface area contributed by atoms with E-state index in [2.05, 4.69) is 48.6 Å². The zero-order chi connectivity index (χ0) is 27.9. The number of furan rings is 1. The Hall–Kier alpha value is -4.84. The van der Waals surface area contributed by atoms with Crippen LogP contribution in [0.15, 0.2) is 101 Å². The number of amides is 2. The molecule has 0 unspecified atom stereocenters. The lowest BCUT2D eigenvalue weighted by Gasteiger charge is -2.14. The minimum atomic E-state index is -1.06. The van der Waals surface area contributed by atoms with Crippen LogP contribution < -0.4 is 15.8 Å². The van der Waals surface area contributed by atoms with E-state index in [-0.39, 0.29) is 0 Å². The lowest BCUT2D eigenvalue weighted by molar-refractivity contribution is -0.134. The summed E-state index contributed by atoms with van der Waals surface area (Å²) in [5.74, 6) is -0.435. The summed E-state index contributed by atoms with van der Waals surface area (Å²) in [5, 5.41) is 3.72. The molecule has 5 rings (SSSR count). The number of para-hydroxylation sites is 1. The van der Waals surface area contributed by atoms with Crippen LogP contribution in [0.5, 0.6) is 5.75 Å². The number of nitrogens with one attached hydrogen (secondary N) is 1. The number of carbonyl (C=O) groups excluding carboxylic acids is 2. The Kier molecular flexibility index (Phi) is 8.26. The minimum Gasteiger partial charge on any atom is -0.487 e. The molecule has 0 aliphatic rings. The van der Waals surface area contributed by atoms with Crippen LogP contribution in [0.3, 0.4) is 0 Å². The summed E-state index contributed by atoms with van der Waals surface area (Å²) in [4.78, 5) is 23.3. The van der Waals surface area contributed by atoms with E-state index < -0.39 is 11.8 Å². The number of fused-ring (bicyclic) bond motifs is 1. The van der Waals surface area contributed by atoms with Gasteiger partial charge in [0.1, 0.15) is 23.7 Å². The van der Waals surface area contributed by atoms with Crippen molar-refractivity contribution in [2.24, 2.45) is 5.73 Å².